The van der Waals surface area contributed by atoms with Crippen LogP contribution in [0.3, 0.4) is 0 Å². The van der Waals surface area contributed by atoms with E-state index in [0.29, 0.717) is 24.5 Å². The van der Waals surface area contributed by atoms with Gasteiger partial charge in [-0.15, -0.1) is 0 Å². The third-order valence-electron chi connectivity index (χ3n) is 3.10. The minimum Gasteiger partial charge on any atom is -0.463 e. The summed E-state index contributed by atoms with van der Waals surface area (Å²) >= 11 is 0. The van der Waals surface area contributed by atoms with Gasteiger partial charge in [-0.2, -0.15) is 20.1 Å². The second-order valence-corrected chi connectivity index (χ2v) is 4.80. The molecule has 7 nitrogen and oxygen atoms in total. The Hall–Kier alpha value is -2.18. The number of anilines is 1. The highest BCUT2D eigenvalue weighted by Crippen LogP contribution is 2.32. The fraction of sp³-hybridized carbons (Fsp3) is 0.538. The van der Waals surface area contributed by atoms with Crippen molar-refractivity contribution in [2.45, 2.75) is 26.2 Å². The van der Waals surface area contributed by atoms with Gasteiger partial charge in [0.05, 0.1) is 6.61 Å². The van der Waals surface area contributed by atoms with Crippen molar-refractivity contribution in [3.63, 3.8) is 0 Å². The van der Waals surface area contributed by atoms with Gasteiger partial charge in [0, 0.05) is 18.9 Å². The highest BCUT2D eigenvalue weighted by Gasteiger charge is 2.21. The molecule has 20 heavy (non-hydrogen) atoms. The zero-order valence-electron chi connectivity index (χ0n) is 11.5. The number of rotatable bonds is 7. The van der Waals surface area contributed by atoms with E-state index in [1.165, 1.54) is 12.8 Å². The molecule has 0 amide bonds. The number of nitrogens with one attached hydrogen (secondary N) is 1. The van der Waals surface area contributed by atoms with Crippen LogP contribution in [0, 0.1) is 5.92 Å². The predicted octanol–water partition coefficient (Wildman–Crippen LogP) is 1.67. The molecule has 2 aromatic rings. The molecule has 0 saturated heterocycles. The Bertz CT molecular complexity index is 552. The van der Waals surface area contributed by atoms with Crippen LogP contribution in [0.5, 0.6) is 6.01 Å². The Morgan fingerprint density at radius 1 is 1.35 bits per heavy atom. The fourth-order valence-electron chi connectivity index (χ4n) is 1.86. The van der Waals surface area contributed by atoms with Crippen molar-refractivity contribution in [3.05, 3.63) is 18.5 Å². The molecule has 106 valence electrons. The van der Waals surface area contributed by atoms with Gasteiger partial charge in [0.2, 0.25) is 5.95 Å². The Morgan fingerprint density at radius 2 is 2.25 bits per heavy atom. The first-order valence-corrected chi connectivity index (χ1v) is 6.98. The summed E-state index contributed by atoms with van der Waals surface area (Å²) in [6.45, 7) is 3.38. The molecule has 7 heteroatoms. The first-order chi connectivity index (χ1) is 9.85. The number of nitrogens with zero attached hydrogens (tertiary/aromatic N) is 5. The van der Waals surface area contributed by atoms with Crippen LogP contribution in [0.2, 0.25) is 0 Å². The van der Waals surface area contributed by atoms with E-state index in [-0.39, 0.29) is 0 Å². The molecule has 0 aromatic carbocycles. The van der Waals surface area contributed by atoms with Crippen LogP contribution in [0.4, 0.5) is 5.95 Å². The molecule has 2 heterocycles. The zero-order valence-corrected chi connectivity index (χ0v) is 11.5. The third-order valence-corrected chi connectivity index (χ3v) is 3.10. The van der Waals surface area contributed by atoms with E-state index in [9.17, 15) is 0 Å². The minimum absolute atomic E-state index is 0.349. The largest absolute Gasteiger partial charge is 0.463 e. The highest BCUT2D eigenvalue weighted by atomic mass is 16.5. The van der Waals surface area contributed by atoms with Crippen LogP contribution in [0.15, 0.2) is 18.5 Å². The average Bonchev–Trinajstić information content (AvgIpc) is 3.10. The van der Waals surface area contributed by atoms with Crippen LogP contribution >= 0.6 is 0 Å². The van der Waals surface area contributed by atoms with E-state index in [1.807, 2.05) is 13.0 Å². The summed E-state index contributed by atoms with van der Waals surface area (Å²) < 4.78 is 7.23. The quantitative estimate of drug-likeness (QED) is 0.827. The molecule has 0 aliphatic heterocycles. The van der Waals surface area contributed by atoms with Crippen LogP contribution in [0.1, 0.15) is 26.2 Å². The van der Waals surface area contributed by atoms with Gasteiger partial charge in [0.25, 0.3) is 5.95 Å². The van der Waals surface area contributed by atoms with Gasteiger partial charge in [0.15, 0.2) is 0 Å². The number of hydrogen-bond acceptors (Lipinski definition) is 6. The van der Waals surface area contributed by atoms with E-state index in [0.717, 1.165) is 18.9 Å². The maximum absolute atomic E-state index is 5.64. The van der Waals surface area contributed by atoms with E-state index in [4.69, 9.17) is 4.74 Å². The van der Waals surface area contributed by atoms with E-state index >= 15 is 0 Å². The molecule has 1 aliphatic carbocycles. The summed E-state index contributed by atoms with van der Waals surface area (Å²) in [7, 11) is 0. The molecule has 1 aliphatic rings. The zero-order chi connectivity index (χ0) is 13.8. The van der Waals surface area contributed by atoms with Gasteiger partial charge >= 0.3 is 6.01 Å². The Labute approximate surface area is 117 Å². The van der Waals surface area contributed by atoms with Crippen molar-refractivity contribution in [3.8, 4) is 12.0 Å². The summed E-state index contributed by atoms with van der Waals surface area (Å²) in [5.41, 5.74) is 0. The second-order valence-electron chi connectivity index (χ2n) is 4.80. The number of aromatic nitrogens is 5. The summed E-state index contributed by atoms with van der Waals surface area (Å²) in [4.78, 5) is 12.9. The van der Waals surface area contributed by atoms with Crippen LogP contribution < -0.4 is 10.1 Å². The fourth-order valence-corrected chi connectivity index (χ4v) is 1.86. The molecule has 1 N–H and O–H groups in total. The van der Waals surface area contributed by atoms with Crippen LogP contribution in [0.25, 0.3) is 5.95 Å². The van der Waals surface area contributed by atoms with Gasteiger partial charge in [-0.05, 0) is 25.3 Å². The molecule has 1 fully saturated rings. The molecule has 3 rings (SSSR count). The molecule has 0 spiro atoms. The van der Waals surface area contributed by atoms with Gasteiger partial charge in [-0.1, -0.05) is 12.8 Å². The van der Waals surface area contributed by atoms with Gasteiger partial charge in [0.1, 0.15) is 0 Å². The Morgan fingerprint density at radius 3 is 2.95 bits per heavy atom. The van der Waals surface area contributed by atoms with Crippen molar-refractivity contribution in [2.75, 3.05) is 18.5 Å². The lowest BCUT2D eigenvalue weighted by Crippen LogP contribution is -2.11. The highest BCUT2D eigenvalue weighted by molar-refractivity contribution is 5.29. The predicted molar refractivity (Wildman–Crippen MR) is 73.9 cm³/mol. The average molecular weight is 274 g/mol. The SMILES string of the molecule is CCNc1nc(OCCC2CC2)nc(-n2cccn2)n1. The first kappa shape index (κ1) is 12.8. The molecular formula is C13H18N6O. The Kier molecular flexibility index (Phi) is 3.76. The summed E-state index contributed by atoms with van der Waals surface area (Å²) in [6.07, 6.45) is 7.19. The first-order valence-electron chi connectivity index (χ1n) is 6.98. The standard InChI is InChI=1S/C13H18N6O/c1-2-14-11-16-12(19-8-3-7-15-19)18-13(17-11)20-9-6-10-4-5-10/h3,7-8,10H,2,4-6,9H2,1H3,(H,14,16,17,18). The Balaban J connectivity index is 1.76. The van der Waals surface area contributed by atoms with Gasteiger partial charge < -0.3 is 10.1 Å². The summed E-state index contributed by atoms with van der Waals surface area (Å²) in [6, 6.07) is 2.17. The minimum atomic E-state index is 0.349. The maximum atomic E-state index is 5.64. The van der Waals surface area contributed by atoms with Crippen molar-refractivity contribution in [2.24, 2.45) is 5.92 Å². The maximum Gasteiger partial charge on any atom is 0.323 e. The molecule has 0 radical (unpaired) electrons. The molecule has 1 saturated carbocycles. The topological polar surface area (TPSA) is 77.8 Å². The van der Waals surface area contributed by atoms with Crippen molar-refractivity contribution in [1.29, 1.82) is 0 Å². The van der Waals surface area contributed by atoms with E-state index < -0.39 is 0 Å². The lowest BCUT2D eigenvalue weighted by Gasteiger charge is -2.08. The molecule has 0 unspecified atom stereocenters. The van der Waals surface area contributed by atoms with Crippen molar-refractivity contribution in [1.82, 2.24) is 24.7 Å². The van der Waals surface area contributed by atoms with Gasteiger partial charge in [-0.25, -0.2) is 4.68 Å². The summed E-state index contributed by atoms with van der Waals surface area (Å²) in [5.74, 6) is 1.80. The van der Waals surface area contributed by atoms with E-state index in [1.54, 1.807) is 17.1 Å². The number of hydrogen-bond donors (Lipinski definition) is 1. The normalized spacial score (nSPS) is 14.2. The van der Waals surface area contributed by atoms with E-state index in [2.05, 4.69) is 25.4 Å². The number of ether oxygens (including phenoxy) is 1. The van der Waals surface area contributed by atoms with Crippen LogP contribution in [-0.4, -0.2) is 37.9 Å². The second kappa shape index (κ2) is 5.85. The van der Waals surface area contributed by atoms with Crippen molar-refractivity contribution >= 4 is 5.95 Å². The lowest BCUT2D eigenvalue weighted by atomic mass is 10.3. The summed E-state index contributed by atoms with van der Waals surface area (Å²) in [5, 5.41) is 7.21. The van der Waals surface area contributed by atoms with Crippen molar-refractivity contribution < 1.29 is 4.74 Å². The molecular weight excluding hydrogens is 256 g/mol. The smallest absolute Gasteiger partial charge is 0.323 e. The van der Waals surface area contributed by atoms with Gasteiger partial charge in [-0.3, -0.25) is 0 Å². The molecule has 0 atom stereocenters. The molecule has 2 aromatic heterocycles. The monoisotopic (exact) mass is 274 g/mol. The lowest BCUT2D eigenvalue weighted by molar-refractivity contribution is 0.278. The third kappa shape index (κ3) is 3.23. The van der Waals surface area contributed by atoms with Crippen LogP contribution in [-0.2, 0) is 0 Å². The molecule has 0 bridgehead atoms.